The van der Waals surface area contributed by atoms with Crippen molar-refractivity contribution in [1.29, 1.82) is 10.8 Å². The second-order valence-corrected chi connectivity index (χ2v) is 17.5. The Morgan fingerprint density at radius 2 is 1.69 bits per heavy atom. The summed E-state index contributed by atoms with van der Waals surface area (Å²) in [6.07, 6.45) is 5.94. The Balaban J connectivity index is 0.000000243. The topological polar surface area (TPSA) is 201 Å². The van der Waals surface area contributed by atoms with Crippen molar-refractivity contribution < 1.29 is 23.6 Å². The number of aromatic nitrogens is 3. The Morgan fingerprint density at radius 1 is 0.985 bits per heavy atom. The molecule has 0 bridgehead atoms. The number of fused-ring (bicyclic) bond motifs is 1. The fourth-order valence-electron chi connectivity index (χ4n) is 8.78. The van der Waals surface area contributed by atoms with Crippen molar-refractivity contribution in [2.75, 3.05) is 62.9 Å². The number of pyridine rings is 1. The molecule has 6 N–H and O–H groups in total. The number of nitrogens with one attached hydrogen (secondary N) is 6. The lowest BCUT2D eigenvalue weighted by Crippen LogP contribution is -2.53. The average molecular weight is 928 g/mol. The van der Waals surface area contributed by atoms with Crippen molar-refractivity contribution in [3.63, 3.8) is 0 Å². The van der Waals surface area contributed by atoms with Gasteiger partial charge in [0.2, 0.25) is 11.8 Å². The van der Waals surface area contributed by atoms with Gasteiger partial charge in [-0.1, -0.05) is 52.5 Å². The number of imide groups is 1. The first kappa shape index (κ1) is 52.1. The summed E-state index contributed by atoms with van der Waals surface area (Å²) >= 11 is 0. The van der Waals surface area contributed by atoms with E-state index in [2.05, 4.69) is 62.7 Å². The first-order chi connectivity index (χ1) is 32.5. The average Bonchev–Trinajstić information content (AvgIpc) is 3.90. The van der Waals surface area contributed by atoms with Crippen LogP contribution in [-0.2, 0) is 25.6 Å². The Bertz CT molecular complexity index is 2700. The van der Waals surface area contributed by atoms with Gasteiger partial charge < -0.3 is 31.2 Å². The molecule has 3 saturated heterocycles. The second kappa shape index (κ2) is 23.2. The molecule has 15 nitrogen and oxygen atoms in total. The molecule has 5 aromatic rings. The summed E-state index contributed by atoms with van der Waals surface area (Å²) in [5, 5.41) is 33.4. The van der Waals surface area contributed by atoms with Crippen LogP contribution in [0.25, 0.3) is 22.0 Å². The van der Waals surface area contributed by atoms with Gasteiger partial charge in [-0.25, -0.2) is 4.39 Å². The molecule has 0 saturated carbocycles. The van der Waals surface area contributed by atoms with Crippen LogP contribution >= 0.6 is 0 Å². The zero-order chi connectivity index (χ0) is 49.9. The van der Waals surface area contributed by atoms with E-state index >= 15 is 4.39 Å². The number of allylic oxidation sites excluding steroid dienone is 1. The molecule has 360 valence electrons. The molecule has 1 unspecified atom stereocenters. The van der Waals surface area contributed by atoms with Crippen molar-refractivity contribution >= 4 is 63.0 Å². The minimum absolute atomic E-state index is 0.000440. The normalized spacial score (nSPS) is 16.2. The van der Waals surface area contributed by atoms with Crippen molar-refractivity contribution in [3.05, 3.63) is 113 Å². The Hall–Kier alpha value is -6.91. The fourth-order valence-corrected chi connectivity index (χ4v) is 8.78. The molecule has 0 spiro atoms. The number of carbonyl (C=O) groups excluding carboxylic acids is 4. The number of aryl methyl sites for hydroxylation is 2. The van der Waals surface area contributed by atoms with E-state index in [1.807, 2.05) is 51.7 Å². The van der Waals surface area contributed by atoms with E-state index in [0.717, 1.165) is 49.1 Å². The minimum Gasteiger partial charge on any atom is -0.387 e. The van der Waals surface area contributed by atoms with E-state index in [-0.39, 0.29) is 40.2 Å². The zero-order valence-corrected chi connectivity index (χ0v) is 40.8. The molecule has 0 radical (unpaired) electrons. The quantitative estimate of drug-likeness (QED) is 0.0530. The van der Waals surface area contributed by atoms with E-state index in [4.69, 9.17) is 10.8 Å². The molecule has 16 heteroatoms. The molecule has 3 aliphatic heterocycles. The number of amides is 4. The van der Waals surface area contributed by atoms with Gasteiger partial charge in [0.1, 0.15) is 17.6 Å². The van der Waals surface area contributed by atoms with E-state index < -0.39 is 23.5 Å². The van der Waals surface area contributed by atoms with Crippen molar-refractivity contribution in [3.8, 4) is 11.1 Å². The highest BCUT2D eigenvalue weighted by atomic mass is 19.1. The van der Waals surface area contributed by atoms with Gasteiger partial charge in [0, 0.05) is 91.5 Å². The third kappa shape index (κ3) is 12.0. The summed E-state index contributed by atoms with van der Waals surface area (Å²) < 4.78 is 17.9. The first-order valence-electron chi connectivity index (χ1n) is 23.1. The standard InChI is InChI=1S/C28H27FN6O2.C20H26N4O2.C2H7N.C2H6/c1-4-22(30)21-15-18(35-13-5-6-24(35)36)7-8-19(21)20-9-10-23(32-3)25(26(20)29)27(31)28(37)34-17-11-12-33-16(2)14-17;1-13-18-14(9-10-23-11-20(2,3)12-23)5-4-6-15(18)24(22-13)16-7-8-17(25)21-19(16)26;1-3-2;1-2/h4,7-12,14-15,30-32H,1,5-6,13H2,2-3H3,(H,33,34,37);4-6,16H,7-12H2,1-3H3,(H,21,25,26);3H,1-2H3;1-2H3. The first-order valence-corrected chi connectivity index (χ1v) is 23.1. The van der Waals surface area contributed by atoms with Gasteiger partial charge in [0.15, 0.2) is 0 Å². The number of hydrogen-bond donors (Lipinski definition) is 6. The highest BCUT2D eigenvalue weighted by Crippen LogP contribution is 2.36. The molecule has 3 fully saturated rings. The van der Waals surface area contributed by atoms with Crippen LogP contribution in [0, 0.1) is 35.9 Å². The lowest BCUT2D eigenvalue weighted by atomic mass is 9.84. The summed E-state index contributed by atoms with van der Waals surface area (Å²) in [6, 6.07) is 17.2. The number of rotatable bonds is 12. The summed E-state index contributed by atoms with van der Waals surface area (Å²) in [4.78, 5) is 57.1. The maximum Gasteiger partial charge on any atom is 0.274 e. The molecule has 8 rings (SSSR count). The number of benzene rings is 3. The predicted octanol–water partition coefficient (Wildman–Crippen LogP) is 7.99. The lowest BCUT2D eigenvalue weighted by molar-refractivity contribution is -0.136. The van der Waals surface area contributed by atoms with Gasteiger partial charge in [-0.3, -0.25) is 39.6 Å². The zero-order valence-electron chi connectivity index (χ0n) is 40.8. The number of hydrogen-bond acceptors (Lipinski definition) is 11. The van der Waals surface area contributed by atoms with Gasteiger partial charge in [-0.15, -0.1) is 0 Å². The van der Waals surface area contributed by atoms with Gasteiger partial charge in [-0.2, -0.15) is 5.10 Å². The fraction of sp³-hybridized carbons (Fsp3) is 0.385. The van der Waals surface area contributed by atoms with Gasteiger partial charge >= 0.3 is 0 Å². The Kier molecular flexibility index (Phi) is 17.8. The number of nitrogens with zero attached hydrogens (tertiary/aromatic N) is 5. The number of piperidine rings is 1. The maximum absolute atomic E-state index is 16.1. The van der Waals surface area contributed by atoms with Crippen LogP contribution < -0.4 is 26.2 Å². The van der Waals surface area contributed by atoms with E-state index in [0.29, 0.717) is 59.4 Å². The maximum atomic E-state index is 16.1. The van der Waals surface area contributed by atoms with E-state index in [9.17, 15) is 19.2 Å². The summed E-state index contributed by atoms with van der Waals surface area (Å²) in [7, 11) is 5.33. The highest BCUT2D eigenvalue weighted by molar-refractivity contribution is 6.48. The van der Waals surface area contributed by atoms with Crippen LogP contribution in [0.5, 0.6) is 0 Å². The van der Waals surface area contributed by atoms with Crippen LogP contribution in [0.3, 0.4) is 0 Å². The van der Waals surface area contributed by atoms with Crippen LogP contribution in [0.2, 0.25) is 0 Å². The molecule has 2 aromatic heterocycles. The molecule has 3 aliphatic rings. The Morgan fingerprint density at radius 3 is 2.31 bits per heavy atom. The van der Waals surface area contributed by atoms with Crippen LogP contribution in [-0.4, -0.2) is 102 Å². The molecular weight excluding hydrogens is 862 g/mol. The smallest absolute Gasteiger partial charge is 0.274 e. The van der Waals surface area contributed by atoms with E-state index in [1.54, 1.807) is 55.3 Å². The van der Waals surface area contributed by atoms with Crippen molar-refractivity contribution in [2.45, 2.75) is 79.7 Å². The number of likely N-dealkylation sites (tertiary alicyclic amines) is 1. The molecule has 68 heavy (non-hydrogen) atoms. The Labute approximate surface area is 399 Å². The highest BCUT2D eigenvalue weighted by Gasteiger charge is 2.34. The third-order valence-corrected chi connectivity index (χ3v) is 11.7. The predicted molar refractivity (Wildman–Crippen MR) is 271 cm³/mol. The summed E-state index contributed by atoms with van der Waals surface area (Å²) in [5.41, 5.74) is 5.88. The molecule has 0 aliphatic carbocycles. The second-order valence-electron chi connectivity index (χ2n) is 17.5. The summed E-state index contributed by atoms with van der Waals surface area (Å²) in [6.45, 7) is 20.0. The van der Waals surface area contributed by atoms with Crippen LogP contribution in [0.15, 0.2) is 79.5 Å². The van der Waals surface area contributed by atoms with Crippen molar-refractivity contribution in [2.24, 2.45) is 5.41 Å². The van der Waals surface area contributed by atoms with Gasteiger partial charge in [-0.05, 0) is 112 Å². The molecule has 1 atom stereocenters. The number of anilines is 3. The number of carbonyl (C=O) groups is 4. The third-order valence-electron chi connectivity index (χ3n) is 11.7. The molecular formula is C52H66FN11O4. The number of halogens is 1. The SMILES string of the molecule is C=CC(=N)c1cc(N2CCCC2=O)ccc1-c1ccc(NC)c(C(=N)C(=O)Nc2ccnc(C)c2)c1F.CC.CNC.Cc1nn(C2CCC(=O)NC2=O)c2cccc(CCN3CC(C)(C)C3)c12. The van der Waals surface area contributed by atoms with Gasteiger partial charge in [0.25, 0.3) is 11.8 Å². The molecule has 4 amide bonds. The largest absolute Gasteiger partial charge is 0.387 e. The van der Waals surface area contributed by atoms with Crippen molar-refractivity contribution in [1.82, 2.24) is 30.3 Å². The molecule has 3 aromatic carbocycles. The van der Waals surface area contributed by atoms with E-state index in [1.165, 1.54) is 23.9 Å². The van der Waals surface area contributed by atoms with Crippen LogP contribution in [0.4, 0.5) is 21.5 Å². The molecule has 5 heterocycles. The summed E-state index contributed by atoms with van der Waals surface area (Å²) in [5.74, 6) is -2.00. The van der Waals surface area contributed by atoms with Crippen LogP contribution in [0.1, 0.15) is 87.5 Å². The minimum atomic E-state index is -0.778. The van der Waals surface area contributed by atoms with Gasteiger partial charge in [0.05, 0.1) is 22.5 Å². The lowest BCUT2D eigenvalue weighted by Gasteiger charge is -2.46. The monoisotopic (exact) mass is 928 g/mol.